The summed E-state index contributed by atoms with van der Waals surface area (Å²) in [4.78, 5) is 30.1. The van der Waals surface area contributed by atoms with Crippen molar-refractivity contribution >= 4 is 27.8 Å². The lowest BCUT2D eigenvalue weighted by molar-refractivity contribution is -0.206. The molecule has 0 aromatic carbocycles. The molecule has 0 aliphatic carbocycles. The molecule has 0 aromatic heterocycles. The molecular weight excluding hydrogens is 288 g/mol. The van der Waals surface area contributed by atoms with Crippen LogP contribution in [0.4, 0.5) is 0 Å². The Hall–Kier alpha value is -0.620. The molecule has 1 fully saturated rings. The SMILES string of the molecule is CC(C)(C)C(=O)ON1CCN(C(=O)CBr)CC1. The molecule has 0 aromatic rings. The highest BCUT2D eigenvalue weighted by Gasteiger charge is 2.28. The summed E-state index contributed by atoms with van der Waals surface area (Å²) in [5, 5.41) is 1.97. The average molecular weight is 307 g/mol. The quantitative estimate of drug-likeness (QED) is 0.715. The van der Waals surface area contributed by atoms with E-state index >= 15 is 0 Å². The lowest BCUT2D eigenvalue weighted by Gasteiger charge is -2.34. The van der Waals surface area contributed by atoms with Crippen molar-refractivity contribution in [2.45, 2.75) is 20.8 Å². The van der Waals surface area contributed by atoms with Gasteiger partial charge in [-0.1, -0.05) is 15.9 Å². The van der Waals surface area contributed by atoms with Gasteiger partial charge in [0.2, 0.25) is 5.91 Å². The molecule has 6 heteroatoms. The van der Waals surface area contributed by atoms with Gasteiger partial charge in [-0.25, -0.2) is 4.79 Å². The predicted octanol–water partition coefficient (Wildman–Crippen LogP) is 1.03. The number of alkyl halides is 1. The van der Waals surface area contributed by atoms with Crippen molar-refractivity contribution in [3.63, 3.8) is 0 Å². The Balaban J connectivity index is 2.38. The van der Waals surface area contributed by atoms with E-state index in [-0.39, 0.29) is 11.9 Å². The molecule has 1 rings (SSSR count). The van der Waals surface area contributed by atoms with E-state index in [1.807, 2.05) is 20.8 Å². The van der Waals surface area contributed by atoms with Crippen molar-refractivity contribution < 1.29 is 14.4 Å². The number of piperazine rings is 1. The maximum absolute atomic E-state index is 11.7. The lowest BCUT2D eigenvalue weighted by atomic mass is 9.98. The molecule has 1 amide bonds. The summed E-state index contributed by atoms with van der Waals surface area (Å²) in [6.45, 7) is 7.80. The number of hydrogen-bond donors (Lipinski definition) is 0. The highest BCUT2D eigenvalue weighted by Crippen LogP contribution is 2.16. The zero-order valence-electron chi connectivity index (χ0n) is 10.5. The fourth-order valence-electron chi connectivity index (χ4n) is 1.37. The summed E-state index contributed by atoms with van der Waals surface area (Å²) in [6.07, 6.45) is 0. The number of carbonyl (C=O) groups is 2. The van der Waals surface area contributed by atoms with Gasteiger partial charge in [0.05, 0.1) is 23.8 Å². The van der Waals surface area contributed by atoms with Gasteiger partial charge in [0.15, 0.2) is 0 Å². The van der Waals surface area contributed by atoms with Crippen LogP contribution in [0.15, 0.2) is 0 Å². The summed E-state index contributed by atoms with van der Waals surface area (Å²) >= 11 is 3.14. The van der Waals surface area contributed by atoms with Gasteiger partial charge in [-0.2, -0.15) is 0 Å². The molecule has 17 heavy (non-hydrogen) atoms. The van der Waals surface area contributed by atoms with Crippen molar-refractivity contribution in [3.8, 4) is 0 Å². The van der Waals surface area contributed by atoms with Crippen LogP contribution in [0.5, 0.6) is 0 Å². The van der Waals surface area contributed by atoms with Crippen LogP contribution in [0.1, 0.15) is 20.8 Å². The van der Waals surface area contributed by atoms with Gasteiger partial charge in [-0.15, -0.1) is 5.06 Å². The second-order valence-corrected chi connectivity index (χ2v) is 5.63. The van der Waals surface area contributed by atoms with Crippen molar-refractivity contribution in [1.29, 1.82) is 0 Å². The van der Waals surface area contributed by atoms with Gasteiger partial charge < -0.3 is 9.74 Å². The summed E-state index contributed by atoms with van der Waals surface area (Å²) in [5.41, 5.74) is -0.497. The number of carbonyl (C=O) groups excluding carboxylic acids is 2. The Morgan fingerprint density at radius 2 is 1.71 bits per heavy atom. The minimum Gasteiger partial charge on any atom is -0.367 e. The molecule has 5 nitrogen and oxygen atoms in total. The van der Waals surface area contributed by atoms with E-state index in [4.69, 9.17) is 4.84 Å². The first-order valence-electron chi connectivity index (χ1n) is 5.65. The van der Waals surface area contributed by atoms with E-state index in [0.717, 1.165) is 0 Å². The van der Waals surface area contributed by atoms with Crippen LogP contribution in [0.2, 0.25) is 0 Å². The van der Waals surface area contributed by atoms with E-state index in [1.165, 1.54) is 0 Å². The summed E-state index contributed by atoms with van der Waals surface area (Å²) < 4.78 is 0. The molecule has 1 saturated heterocycles. The van der Waals surface area contributed by atoms with E-state index in [9.17, 15) is 9.59 Å². The maximum Gasteiger partial charge on any atom is 0.330 e. The third-order valence-electron chi connectivity index (χ3n) is 2.53. The monoisotopic (exact) mass is 306 g/mol. The number of rotatable bonds is 2. The van der Waals surface area contributed by atoms with Gasteiger partial charge in [-0.05, 0) is 20.8 Å². The Bertz CT molecular complexity index is 294. The summed E-state index contributed by atoms with van der Waals surface area (Å²) in [6, 6.07) is 0. The molecule has 0 N–H and O–H groups in total. The highest BCUT2D eigenvalue weighted by molar-refractivity contribution is 9.09. The third kappa shape index (κ3) is 4.27. The molecular formula is C11H19BrN2O3. The van der Waals surface area contributed by atoms with E-state index < -0.39 is 5.41 Å². The number of hydroxylamine groups is 2. The lowest BCUT2D eigenvalue weighted by Crippen LogP contribution is -2.50. The van der Waals surface area contributed by atoms with Crippen molar-refractivity contribution in [3.05, 3.63) is 0 Å². The fourth-order valence-corrected chi connectivity index (χ4v) is 1.72. The van der Waals surface area contributed by atoms with Crippen LogP contribution in [0.3, 0.4) is 0 Å². The smallest absolute Gasteiger partial charge is 0.330 e. The Morgan fingerprint density at radius 3 is 2.12 bits per heavy atom. The zero-order chi connectivity index (χ0) is 13.1. The predicted molar refractivity (Wildman–Crippen MR) is 67.5 cm³/mol. The van der Waals surface area contributed by atoms with Gasteiger partial charge in [0, 0.05) is 13.1 Å². The Kier molecular flexibility index (Phi) is 4.94. The van der Waals surface area contributed by atoms with Crippen molar-refractivity contribution in [2.24, 2.45) is 5.41 Å². The van der Waals surface area contributed by atoms with E-state index in [1.54, 1.807) is 9.96 Å². The molecule has 0 saturated carbocycles. The molecule has 1 aliphatic rings. The van der Waals surface area contributed by atoms with Gasteiger partial charge in [-0.3, -0.25) is 4.79 Å². The molecule has 98 valence electrons. The van der Waals surface area contributed by atoms with Gasteiger partial charge in [0.1, 0.15) is 0 Å². The largest absolute Gasteiger partial charge is 0.367 e. The second kappa shape index (κ2) is 5.82. The first-order chi connectivity index (χ1) is 7.84. The molecule has 0 bridgehead atoms. The molecule has 0 spiro atoms. The van der Waals surface area contributed by atoms with Crippen LogP contribution in [-0.2, 0) is 14.4 Å². The summed E-state index contributed by atoms with van der Waals surface area (Å²) in [7, 11) is 0. The van der Waals surface area contributed by atoms with Crippen LogP contribution < -0.4 is 0 Å². The van der Waals surface area contributed by atoms with Crippen LogP contribution in [0.25, 0.3) is 0 Å². The highest BCUT2D eigenvalue weighted by atomic mass is 79.9. The van der Waals surface area contributed by atoms with Crippen molar-refractivity contribution in [2.75, 3.05) is 31.5 Å². The zero-order valence-corrected chi connectivity index (χ0v) is 12.1. The number of hydrogen-bond acceptors (Lipinski definition) is 4. The fraction of sp³-hybridized carbons (Fsp3) is 0.818. The summed E-state index contributed by atoms with van der Waals surface area (Å²) in [5.74, 6) is -0.162. The van der Waals surface area contributed by atoms with Crippen LogP contribution in [0, 0.1) is 5.41 Å². The second-order valence-electron chi connectivity index (χ2n) is 5.07. The van der Waals surface area contributed by atoms with Gasteiger partial charge in [0.25, 0.3) is 0 Å². The Morgan fingerprint density at radius 1 is 1.18 bits per heavy atom. The van der Waals surface area contributed by atoms with Crippen molar-refractivity contribution in [1.82, 2.24) is 9.96 Å². The molecule has 1 heterocycles. The van der Waals surface area contributed by atoms with E-state index in [0.29, 0.717) is 31.5 Å². The minimum absolute atomic E-state index is 0.0757. The molecule has 0 unspecified atom stereocenters. The molecule has 1 aliphatic heterocycles. The Labute approximate surface area is 110 Å². The van der Waals surface area contributed by atoms with Crippen LogP contribution in [-0.4, -0.2) is 53.3 Å². The standard InChI is InChI=1S/C11H19BrN2O3/c1-11(2,3)10(16)17-14-6-4-13(5-7-14)9(15)8-12/h4-8H2,1-3H3. The first kappa shape index (κ1) is 14.4. The van der Waals surface area contributed by atoms with Gasteiger partial charge >= 0.3 is 5.97 Å². The average Bonchev–Trinajstić information content (AvgIpc) is 2.27. The minimum atomic E-state index is -0.497. The topological polar surface area (TPSA) is 49.9 Å². The maximum atomic E-state index is 11.7. The molecule has 0 atom stereocenters. The van der Waals surface area contributed by atoms with E-state index in [2.05, 4.69) is 15.9 Å². The number of amides is 1. The third-order valence-corrected chi connectivity index (χ3v) is 3.01. The molecule has 0 radical (unpaired) electrons. The number of halogens is 1. The normalized spacial score (nSPS) is 18.0. The van der Waals surface area contributed by atoms with Crippen LogP contribution >= 0.6 is 15.9 Å². The number of nitrogens with zero attached hydrogens (tertiary/aromatic N) is 2. The first-order valence-corrected chi connectivity index (χ1v) is 6.78.